The molecule has 0 aliphatic rings. The molecule has 1 aromatic heterocycles. The SMILES string of the molecule is NCc1cccc2c(Br)[nH]nc12. The molecule has 0 atom stereocenters. The number of rotatable bonds is 1. The summed E-state index contributed by atoms with van der Waals surface area (Å²) in [5.74, 6) is 0. The summed E-state index contributed by atoms with van der Waals surface area (Å²) in [5.41, 5.74) is 7.57. The first kappa shape index (κ1) is 7.76. The molecule has 2 rings (SSSR count). The number of benzene rings is 1. The van der Waals surface area contributed by atoms with Gasteiger partial charge in [0.15, 0.2) is 0 Å². The topological polar surface area (TPSA) is 54.7 Å². The van der Waals surface area contributed by atoms with E-state index in [1.807, 2.05) is 18.2 Å². The van der Waals surface area contributed by atoms with Gasteiger partial charge in [-0.05, 0) is 21.5 Å². The highest BCUT2D eigenvalue weighted by molar-refractivity contribution is 9.10. The molecule has 0 bridgehead atoms. The zero-order chi connectivity index (χ0) is 8.55. The van der Waals surface area contributed by atoms with E-state index in [9.17, 15) is 0 Å². The van der Waals surface area contributed by atoms with Crippen molar-refractivity contribution in [2.75, 3.05) is 0 Å². The normalized spacial score (nSPS) is 10.8. The molecule has 12 heavy (non-hydrogen) atoms. The van der Waals surface area contributed by atoms with E-state index in [4.69, 9.17) is 5.73 Å². The number of para-hydroxylation sites is 1. The Morgan fingerprint density at radius 2 is 2.33 bits per heavy atom. The Hall–Kier alpha value is -0.870. The van der Waals surface area contributed by atoms with Crippen molar-refractivity contribution in [2.24, 2.45) is 5.73 Å². The van der Waals surface area contributed by atoms with Gasteiger partial charge in [-0.15, -0.1) is 0 Å². The maximum absolute atomic E-state index is 5.56. The summed E-state index contributed by atoms with van der Waals surface area (Å²) in [5, 5.41) is 8.08. The molecule has 0 spiro atoms. The number of aromatic amines is 1. The van der Waals surface area contributed by atoms with Gasteiger partial charge in [-0.3, -0.25) is 5.10 Å². The first-order chi connectivity index (χ1) is 5.83. The number of hydrogen-bond donors (Lipinski definition) is 2. The van der Waals surface area contributed by atoms with E-state index < -0.39 is 0 Å². The fraction of sp³-hybridized carbons (Fsp3) is 0.125. The number of hydrogen-bond acceptors (Lipinski definition) is 2. The van der Waals surface area contributed by atoms with Gasteiger partial charge in [-0.25, -0.2) is 0 Å². The minimum Gasteiger partial charge on any atom is -0.326 e. The highest BCUT2D eigenvalue weighted by Gasteiger charge is 2.04. The van der Waals surface area contributed by atoms with Crippen molar-refractivity contribution in [3.8, 4) is 0 Å². The number of halogens is 1. The maximum Gasteiger partial charge on any atom is 0.108 e. The highest BCUT2D eigenvalue weighted by Crippen LogP contribution is 2.22. The largest absolute Gasteiger partial charge is 0.326 e. The van der Waals surface area contributed by atoms with Gasteiger partial charge in [-0.2, -0.15) is 5.10 Å². The molecule has 0 saturated heterocycles. The average molecular weight is 226 g/mol. The molecule has 62 valence electrons. The molecule has 1 heterocycles. The fourth-order valence-electron chi connectivity index (χ4n) is 1.23. The van der Waals surface area contributed by atoms with E-state index in [0.717, 1.165) is 21.1 Å². The summed E-state index contributed by atoms with van der Waals surface area (Å²) in [6.45, 7) is 0.522. The third kappa shape index (κ3) is 1.04. The summed E-state index contributed by atoms with van der Waals surface area (Å²) in [7, 11) is 0. The van der Waals surface area contributed by atoms with Gasteiger partial charge in [0.1, 0.15) is 4.60 Å². The molecule has 4 heteroatoms. The van der Waals surface area contributed by atoms with Crippen LogP contribution in [-0.2, 0) is 6.54 Å². The van der Waals surface area contributed by atoms with E-state index in [-0.39, 0.29) is 0 Å². The van der Waals surface area contributed by atoms with Gasteiger partial charge < -0.3 is 5.73 Å². The van der Waals surface area contributed by atoms with Crippen LogP contribution in [-0.4, -0.2) is 10.2 Å². The van der Waals surface area contributed by atoms with E-state index >= 15 is 0 Å². The lowest BCUT2D eigenvalue weighted by atomic mass is 10.1. The Balaban J connectivity index is 2.81. The third-order valence-electron chi connectivity index (χ3n) is 1.84. The molecule has 2 aromatic rings. The summed E-state index contributed by atoms with van der Waals surface area (Å²) in [6, 6.07) is 5.96. The van der Waals surface area contributed by atoms with Gasteiger partial charge >= 0.3 is 0 Å². The van der Waals surface area contributed by atoms with Crippen molar-refractivity contribution in [2.45, 2.75) is 6.54 Å². The predicted octanol–water partition coefficient (Wildman–Crippen LogP) is 1.78. The number of nitrogens with zero attached hydrogens (tertiary/aromatic N) is 1. The van der Waals surface area contributed by atoms with Crippen LogP contribution in [0.15, 0.2) is 22.8 Å². The van der Waals surface area contributed by atoms with E-state index in [0.29, 0.717) is 6.54 Å². The second-order valence-corrected chi connectivity index (χ2v) is 3.35. The Bertz CT molecular complexity index is 408. The van der Waals surface area contributed by atoms with Gasteiger partial charge in [0.25, 0.3) is 0 Å². The van der Waals surface area contributed by atoms with Crippen LogP contribution in [0.4, 0.5) is 0 Å². The summed E-state index contributed by atoms with van der Waals surface area (Å²) in [4.78, 5) is 0. The minimum atomic E-state index is 0.522. The number of aromatic nitrogens is 2. The van der Waals surface area contributed by atoms with E-state index in [1.54, 1.807) is 0 Å². The van der Waals surface area contributed by atoms with Crippen LogP contribution in [0.3, 0.4) is 0 Å². The Kier molecular flexibility index (Phi) is 1.86. The van der Waals surface area contributed by atoms with E-state index in [1.165, 1.54) is 0 Å². The molecule has 0 amide bonds. The third-order valence-corrected chi connectivity index (χ3v) is 2.45. The van der Waals surface area contributed by atoms with Crippen molar-refractivity contribution in [3.05, 3.63) is 28.4 Å². The minimum absolute atomic E-state index is 0.522. The molecular weight excluding hydrogens is 218 g/mol. The monoisotopic (exact) mass is 225 g/mol. The molecule has 0 radical (unpaired) electrons. The lowest BCUT2D eigenvalue weighted by Gasteiger charge is -1.95. The van der Waals surface area contributed by atoms with Gasteiger partial charge in [-0.1, -0.05) is 18.2 Å². The second-order valence-electron chi connectivity index (χ2n) is 2.56. The van der Waals surface area contributed by atoms with Gasteiger partial charge in [0, 0.05) is 11.9 Å². The average Bonchev–Trinajstić information content (AvgIpc) is 2.48. The van der Waals surface area contributed by atoms with Crippen molar-refractivity contribution in [1.29, 1.82) is 0 Å². The van der Waals surface area contributed by atoms with Crippen LogP contribution in [0.2, 0.25) is 0 Å². The van der Waals surface area contributed by atoms with Crippen LogP contribution >= 0.6 is 15.9 Å². The quantitative estimate of drug-likeness (QED) is 0.778. The molecule has 3 nitrogen and oxygen atoms in total. The highest BCUT2D eigenvalue weighted by atomic mass is 79.9. The Morgan fingerprint density at radius 3 is 3.08 bits per heavy atom. The molecule has 0 fully saturated rings. The molecule has 0 aliphatic heterocycles. The van der Waals surface area contributed by atoms with Crippen molar-refractivity contribution >= 4 is 26.8 Å². The van der Waals surface area contributed by atoms with E-state index in [2.05, 4.69) is 26.1 Å². The number of nitrogens with two attached hydrogens (primary N) is 1. The lowest BCUT2D eigenvalue weighted by molar-refractivity contribution is 1.05. The fourth-order valence-corrected chi connectivity index (χ4v) is 1.64. The van der Waals surface area contributed by atoms with Crippen LogP contribution in [0.1, 0.15) is 5.56 Å². The Morgan fingerprint density at radius 1 is 1.50 bits per heavy atom. The van der Waals surface area contributed by atoms with Crippen LogP contribution in [0.5, 0.6) is 0 Å². The molecule has 0 unspecified atom stereocenters. The Labute approximate surface area is 78.1 Å². The molecule has 0 saturated carbocycles. The standard InChI is InChI=1S/C8H8BrN3/c9-8-6-3-1-2-5(4-10)7(6)11-12-8/h1-3H,4,10H2,(H,11,12). The molecule has 1 aromatic carbocycles. The number of H-pyrrole nitrogens is 1. The van der Waals surface area contributed by atoms with Gasteiger partial charge in [0.05, 0.1) is 5.52 Å². The molecule has 0 aliphatic carbocycles. The number of nitrogens with one attached hydrogen (secondary N) is 1. The first-order valence-corrected chi connectivity index (χ1v) is 4.44. The van der Waals surface area contributed by atoms with Crippen molar-refractivity contribution in [1.82, 2.24) is 10.2 Å². The molecule has 3 N–H and O–H groups in total. The zero-order valence-corrected chi connectivity index (χ0v) is 7.93. The summed E-state index contributed by atoms with van der Waals surface area (Å²) in [6.07, 6.45) is 0. The number of fused-ring (bicyclic) bond motifs is 1. The second kappa shape index (κ2) is 2.88. The summed E-state index contributed by atoms with van der Waals surface area (Å²) < 4.78 is 0.910. The van der Waals surface area contributed by atoms with Crippen molar-refractivity contribution in [3.63, 3.8) is 0 Å². The van der Waals surface area contributed by atoms with Gasteiger partial charge in [0.2, 0.25) is 0 Å². The van der Waals surface area contributed by atoms with Crippen LogP contribution < -0.4 is 5.73 Å². The maximum atomic E-state index is 5.56. The lowest BCUT2D eigenvalue weighted by Crippen LogP contribution is -1.96. The predicted molar refractivity (Wildman–Crippen MR) is 51.7 cm³/mol. The first-order valence-electron chi connectivity index (χ1n) is 3.64. The molecular formula is C8H8BrN3. The van der Waals surface area contributed by atoms with Crippen molar-refractivity contribution < 1.29 is 0 Å². The van der Waals surface area contributed by atoms with Crippen LogP contribution in [0.25, 0.3) is 10.9 Å². The summed E-state index contributed by atoms with van der Waals surface area (Å²) >= 11 is 3.37. The zero-order valence-electron chi connectivity index (χ0n) is 6.34. The smallest absolute Gasteiger partial charge is 0.108 e. The van der Waals surface area contributed by atoms with Crippen LogP contribution in [0, 0.1) is 0 Å².